The van der Waals surface area contributed by atoms with E-state index >= 15 is 0 Å². The number of amides is 2. The van der Waals surface area contributed by atoms with E-state index in [0.29, 0.717) is 25.8 Å². The highest BCUT2D eigenvalue weighted by molar-refractivity contribution is 5.80. The Kier molecular flexibility index (Phi) is 6.17. The van der Waals surface area contributed by atoms with Gasteiger partial charge in [0, 0.05) is 19.0 Å². The first-order valence-electron chi connectivity index (χ1n) is 8.33. The van der Waals surface area contributed by atoms with Crippen LogP contribution in [0.15, 0.2) is 18.2 Å². The summed E-state index contributed by atoms with van der Waals surface area (Å²) in [5.41, 5.74) is 6.20. The summed E-state index contributed by atoms with van der Waals surface area (Å²) in [6, 6.07) is 4.97. The Morgan fingerprint density at radius 1 is 1.38 bits per heavy atom. The Bertz CT molecular complexity index is 606. The van der Waals surface area contributed by atoms with Crippen LogP contribution in [-0.4, -0.2) is 36.4 Å². The minimum absolute atomic E-state index is 0.0300. The molecule has 1 heterocycles. The van der Waals surface area contributed by atoms with Crippen molar-refractivity contribution in [3.63, 3.8) is 0 Å². The topological polar surface area (TPSA) is 72.6 Å². The first-order chi connectivity index (χ1) is 11.4. The number of methoxy groups -OCH3 is 1. The molecule has 0 bridgehead atoms. The highest BCUT2D eigenvalue weighted by Gasteiger charge is 2.31. The number of halogens is 1. The van der Waals surface area contributed by atoms with E-state index in [0.717, 1.165) is 18.4 Å². The van der Waals surface area contributed by atoms with Crippen LogP contribution in [0, 0.1) is 11.7 Å². The molecule has 2 rings (SSSR count). The number of rotatable bonds is 6. The van der Waals surface area contributed by atoms with Gasteiger partial charge in [0.25, 0.3) is 0 Å². The van der Waals surface area contributed by atoms with E-state index in [-0.39, 0.29) is 29.5 Å². The Morgan fingerprint density at radius 2 is 2.12 bits per heavy atom. The number of aryl methyl sites for hydroxylation is 1. The standard InChI is InChI=1S/C18H25FN2O3/c1-12-6-8-14(18(20)23)11-21(12)17(22)5-3-4-13-7-9-16(24-2)15(19)10-13/h7,9-10,12,14H,3-6,8,11H2,1-2H3,(H2,20,23)/t12-,14-/m1/s1. The predicted molar refractivity (Wildman–Crippen MR) is 89.0 cm³/mol. The average molecular weight is 336 g/mol. The highest BCUT2D eigenvalue weighted by atomic mass is 19.1. The SMILES string of the molecule is COc1ccc(CCCC(=O)N2C[C@H](C(N)=O)CC[C@H]2C)cc1F. The fourth-order valence-corrected chi connectivity index (χ4v) is 3.14. The lowest BCUT2D eigenvalue weighted by molar-refractivity contribution is -0.137. The number of nitrogens with zero attached hydrogens (tertiary/aromatic N) is 1. The second-order valence-electron chi connectivity index (χ2n) is 6.39. The number of benzene rings is 1. The summed E-state index contributed by atoms with van der Waals surface area (Å²) in [7, 11) is 1.43. The van der Waals surface area contributed by atoms with Crippen LogP contribution in [0.5, 0.6) is 5.75 Å². The third-order valence-corrected chi connectivity index (χ3v) is 4.68. The van der Waals surface area contributed by atoms with Crippen LogP contribution in [0.1, 0.15) is 38.2 Å². The molecule has 1 saturated heterocycles. The minimum atomic E-state index is -0.393. The number of hydrogen-bond acceptors (Lipinski definition) is 3. The van der Waals surface area contributed by atoms with Gasteiger partial charge in [0.15, 0.2) is 11.6 Å². The summed E-state index contributed by atoms with van der Waals surface area (Å²) in [4.78, 5) is 25.5. The number of nitrogens with two attached hydrogens (primary N) is 1. The molecule has 1 aliphatic heterocycles. The molecule has 1 fully saturated rings. The van der Waals surface area contributed by atoms with Crippen LogP contribution in [0.25, 0.3) is 0 Å². The molecular weight excluding hydrogens is 311 g/mol. The fourth-order valence-electron chi connectivity index (χ4n) is 3.14. The zero-order valence-corrected chi connectivity index (χ0v) is 14.3. The second kappa shape index (κ2) is 8.13. The average Bonchev–Trinajstić information content (AvgIpc) is 2.55. The van der Waals surface area contributed by atoms with Crippen LogP contribution in [-0.2, 0) is 16.0 Å². The van der Waals surface area contributed by atoms with Gasteiger partial charge < -0.3 is 15.4 Å². The van der Waals surface area contributed by atoms with E-state index in [2.05, 4.69) is 0 Å². The summed E-state index contributed by atoms with van der Waals surface area (Å²) >= 11 is 0. The number of piperidine rings is 1. The highest BCUT2D eigenvalue weighted by Crippen LogP contribution is 2.23. The van der Waals surface area contributed by atoms with Gasteiger partial charge in [-0.3, -0.25) is 9.59 Å². The summed E-state index contributed by atoms with van der Waals surface area (Å²) in [6.07, 6.45) is 3.17. The molecule has 0 aliphatic carbocycles. The maximum absolute atomic E-state index is 13.7. The smallest absolute Gasteiger partial charge is 0.222 e. The third-order valence-electron chi connectivity index (χ3n) is 4.68. The van der Waals surface area contributed by atoms with Gasteiger partial charge in [0.1, 0.15) is 0 Å². The van der Waals surface area contributed by atoms with Crippen molar-refractivity contribution in [3.8, 4) is 5.75 Å². The molecule has 1 aromatic carbocycles. The maximum Gasteiger partial charge on any atom is 0.222 e. The molecule has 24 heavy (non-hydrogen) atoms. The molecule has 6 heteroatoms. The van der Waals surface area contributed by atoms with Gasteiger partial charge in [-0.2, -0.15) is 0 Å². The number of primary amides is 1. The lowest BCUT2D eigenvalue weighted by Gasteiger charge is -2.37. The van der Waals surface area contributed by atoms with E-state index in [9.17, 15) is 14.0 Å². The van der Waals surface area contributed by atoms with E-state index in [1.165, 1.54) is 13.2 Å². The van der Waals surface area contributed by atoms with Crippen molar-refractivity contribution in [2.45, 2.75) is 45.1 Å². The lowest BCUT2D eigenvalue weighted by atomic mass is 9.92. The van der Waals surface area contributed by atoms with Crippen molar-refractivity contribution in [2.24, 2.45) is 11.7 Å². The summed E-state index contributed by atoms with van der Waals surface area (Å²) in [6.45, 7) is 2.40. The van der Waals surface area contributed by atoms with Gasteiger partial charge in [0.2, 0.25) is 11.8 Å². The van der Waals surface area contributed by atoms with Gasteiger partial charge in [-0.15, -0.1) is 0 Å². The van der Waals surface area contributed by atoms with Crippen molar-refractivity contribution in [3.05, 3.63) is 29.6 Å². The van der Waals surface area contributed by atoms with E-state index in [1.54, 1.807) is 17.0 Å². The lowest BCUT2D eigenvalue weighted by Crippen LogP contribution is -2.48. The summed E-state index contributed by atoms with van der Waals surface area (Å²) in [5.74, 6) is -0.735. The van der Waals surface area contributed by atoms with Crippen molar-refractivity contribution < 1.29 is 18.7 Å². The molecule has 2 N–H and O–H groups in total. The van der Waals surface area contributed by atoms with Crippen molar-refractivity contribution in [1.82, 2.24) is 4.90 Å². The van der Waals surface area contributed by atoms with E-state index in [4.69, 9.17) is 10.5 Å². The zero-order chi connectivity index (χ0) is 17.7. The molecule has 1 aromatic rings. The molecule has 2 atom stereocenters. The van der Waals surface area contributed by atoms with Crippen LogP contribution in [0.3, 0.4) is 0 Å². The number of carbonyl (C=O) groups excluding carboxylic acids is 2. The first-order valence-corrected chi connectivity index (χ1v) is 8.33. The molecule has 132 valence electrons. The molecular formula is C18H25FN2O3. The largest absolute Gasteiger partial charge is 0.494 e. The maximum atomic E-state index is 13.7. The summed E-state index contributed by atoms with van der Waals surface area (Å²) < 4.78 is 18.5. The molecule has 0 radical (unpaired) electrons. The molecule has 0 unspecified atom stereocenters. The van der Waals surface area contributed by atoms with Gasteiger partial charge in [-0.05, 0) is 50.3 Å². The molecule has 0 spiro atoms. The summed E-state index contributed by atoms with van der Waals surface area (Å²) in [5, 5.41) is 0. The molecule has 0 aromatic heterocycles. The van der Waals surface area contributed by atoms with Gasteiger partial charge >= 0.3 is 0 Å². The van der Waals surface area contributed by atoms with Crippen molar-refractivity contribution in [1.29, 1.82) is 0 Å². The quantitative estimate of drug-likeness (QED) is 0.866. The Labute approximate surface area is 142 Å². The Hall–Kier alpha value is -2.11. The van der Waals surface area contributed by atoms with Gasteiger partial charge in [-0.25, -0.2) is 4.39 Å². The van der Waals surface area contributed by atoms with Crippen LogP contribution in [0.2, 0.25) is 0 Å². The number of carbonyl (C=O) groups is 2. The minimum Gasteiger partial charge on any atom is -0.494 e. The molecule has 0 saturated carbocycles. The monoisotopic (exact) mass is 336 g/mol. The van der Waals surface area contributed by atoms with Crippen molar-refractivity contribution in [2.75, 3.05) is 13.7 Å². The zero-order valence-electron chi connectivity index (χ0n) is 14.3. The fraction of sp³-hybridized carbons (Fsp3) is 0.556. The molecule has 2 amide bonds. The van der Waals surface area contributed by atoms with Crippen LogP contribution >= 0.6 is 0 Å². The number of hydrogen-bond donors (Lipinski definition) is 1. The predicted octanol–water partition coefficient (Wildman–Crippen LogP) is 2.27. The Morgan fingerprint density at radius 3 is 2.75 bits per heavy atom. The van der Waals surface area contributed by atoms with E-state index in [1.807, 2.05) is 6.92 Å². The van der Waals surface area contributed by atoms with Gasteiger partial charge in [0.05, 0.1) is 13.0 Å². The number of ether oxygens (including phenoxy) is 1. The molecule has 1 aliphatic rings. The number of likely N-dealkylation sites (tertiary alicyclic amines) is 1. The van der Waals surface area contributed by atoms with Crippen molar-refractivity contribution >= 4 is 11.8 Å². The molecule has 5 nitrogen and oxygen atoms in total. The van der Waals surface area contributed by atoms with Crippen LogP contribution in [0.4, 0.5) is 4.39 Å². The first kappa shape index (κ1) is 18.2. The second-order valence-corrected chi connectivity index (χ2v) is 6.39. The van der Waals surface area contributed by atoms with Crippen LogP contribution < -0.4 is 10.5 Å². The normalized spacial score (nSPS) is 20.7. The Balaban J connectivity index is 1.86. The van der Waals surface area contributed by atoms with Gasteiger partial charge in [-0.1, -0.05) is 6.07 Å². The van der Waals surface area contributed by atoms with E-state index < -0.39 is 5.82 Å². The third kappa shape index (κ3) is 4.46.